The minimum Gasteiger partial charge on any atom is -0.507 e. The molecule has 5 rings (SSSR count). The van der Waals surface area contributed by atoms with E-state index >= 15 is 0 Å². The maximum absolute atomic E-state index is 13.3. The van der Waals surface area contributed by atoms with Crippen LogP contribution >= 0.6 is 0 Å². The van der Waals surface area contributed by atoms with Crippen molar-refractivity contribution in [1.82, 2.24) is 4.90 Å². The van der Waals surface area contributed by atoms with E-state index < -0.39 is 29.5 Å². The molecule has 1 heterocycles. The number of halogens is 3. The number of aliphatic hydroxyl groups excluding tert-OH is 1. The number of carbonyl (C=O) groups is 2. The van der Waals surface area contributed by atoms with E-state index in [4.69, 9.17) is 0 Å². The van der Waals surface area contributed by atoms with Gasteiger partial charge in [0, 0.05) is 12.1 Å². The van der Waals surface area contributed by atoms with Crippen molar-refractivity contribution in [3.8, 4) is 0 Å². The van der Waals surface area contributed by atoms with Crippen LogP contribution in [0.25, 0.3) is 16.5 Å². The Morgan fingerprint density at radius 1 is 0.833 bits per heavy atom. The Balaban J connectivity index is 1.66. The Morgan fingerprint density at radius 2 is 1.50 bits per heavy atom. The van der Waals surface area contributed by atoms with Crippen LogP contribution < -0.4 is 0 Å². The first-order valence-corrected chi connectivity index (χ1v) is 11.2. The molecule has 0 bridgehead atoms. The molecule has 4 nitrogen and oxygen atoms in total. The topological polar surface area (TPSA) is 57.6 Å². The lowest BCUT2D eigenvalue weighted by atomic mass is 9.93. The fraction of sp³-hybridized carbons (Fsp3) is 0.103. The minimum atomic E-state index is -4.54. The predicted molar refractivity (Wildman–Crippen MR) is 130 cm³/mol. The van der Waals surface area contributed by atoms with Gasteiger partial charge in [-0.25, -0.2) is 0 Å². The Kier molecular flexibility index (Phi) is 5.84. The van der Waals surface area contributed by atoms with Crippen molar-refractivity contribution in [3.63, 3.8) is 0 Å². The van der Waals surface area contributed by atoms with Gasteiger partial charge in [-0.05, 0) is 34.0 Å². The Bertz CT molecular complexity index is 1500. The van der Waals surface area contributed by atoms with Crippen molar-refractivity contribution in [2.45, 2.75) is 18.8 Å². The molecule has 4 aromatic rings. The molecule has 0 aliphatic carbocycles. The van der Waals surface area contributed by atoms with E-state index in [1.807, 2.05) is 18.2 Å². The minimum absolute atomic E-state index is 0.102. The summed E-state index contributed by atoms with van der Waals surface area (Å²) < 4.78 is 39.8. The van der Waals surface area contributed by atoms with Crippen molar-refractivity contribution >= 4 is 28.2 Å². The lowest BCUT2D eigenvalue weighted by Crippen LogP contribution is -2.29. The van der Waals surface area contributed by atoms with Gasteiger partial charge in [0.1, 0.15) is 5.76 Å². The quantitative estimate of drug-likeness (QED) is 0.204. The Labute approximate surface area is 204 Å². The molecule has 0 saturated carbocycles. The van der Waals surface area contributed by atoms with Gasteiger partial charge in [0.25, 0.3) is 11.7 Å². The molecule has 1 aliphatic heterocycles. The average molecular weight is 487 g/mol. The van der Waals surface area contributed by atoms with Gasteiger partial charge in [-0.1, -0.05) is 84.9 Å². The van der Waals surface area contributed by atoms with Crippen LogP contribution in [0.2, 0.25) is 0 Å². The maximum atomic E-state index is 13.3. The van der Waals surface area contributed by atoms with Gasteiger partial charge in [-0.2, -0.15) is 13.2 Å². The van der Waals surface area contributed by atoms with Gasteiger partial charge in [0.05, 0.1) is 17.2 Å². The number of carbonyl (C=O) groups excluding carboxylic acids is 2. The monoisotopic (exact) mass is 487 g/mol. The smallest absolute Gasteiger partial charge is 0.416 e. The third kappa shape index (κ3) is 4.13. The van der Waals surface area contributed by atoms with Crippen LogP contribution in [0, 0.1) is 0 Å². The lowest BCUT2D eigenvalue weighted by Gasteiger charge is -2.26. The molecule has 1 aliphatic rings. The zero-order chi connectivity index (χ0) is 25.4. The molecule has 1 N–H and O–H groups in total. The third-order valence-corrected chi connectivity index (χ3v) is 6.31. The number of amides is 1. The molecular weight excluding hydrogens is 467 g/mol. The molecule has 1 amide bonds. The van der Waals surface area contributed by atoms with Gasteiger partial charge in [-0.3, -0.25) is 9.59 Å². The number of aliphatic hydroxyl groups is 1. The summed E-state index contributed by atoms with van der Waals surface area (Å²) in [5, 5.41) is 12.9. The summed E-state index contributed by atoms with van der Waals surface area (Å²) in [4.78, 5) is 27.7. The van der Waals surface area contributed by atoms with Crippen LogP contribution in [0.4, 0.5) is 13.2 Å². The lowest BCUT2D eigenvalue weighted by molar-refractivity contribution is -0.140. The standard InChI is InChI=1S/C29H20F3NO3/c30-29(31,32)21-13-6-8-18(16-21)17-33-25(20-10-2-1-3-11-20)24(27(35)28(33)36)26(34)23-15-7-12-19-9-4-5-14-22(19)23/h1-16,25,34H,17H2/b26-24-. The predicted octanol–water partition coefficient (Wildman–Crippen LogP) is 6.48. The molecule has 0 aromatic heterocycles. The normalized spacial score (nSPS) is 17.6. The van der Waals surface area contributed by atoms with Crippen LogP contribution in [0.1, 0.15) is 28.3 Å². The van der Waals surface area contributed by atoms with Crippen molar-refractivity contribution in [1.29, 1.82) is 0 Å². The number of ketones is 1. The fourth-order valence-corrected chi connectivity index (χ4v) is 4.64. The zero-order valence-corrected chi connectivity index (χ0v) is 18.9. The van der Waals surface area contributed by atoms with E-state index in [1.165, 1.54) is 17.0 Å². The molecule has 1 fully saturated rings. The molecule has 7 heteroatoms. The van der Waals surface area contributed by atoms with E-state index in [-0.39, 0.29) is 23.4 Å². The zero-order valence-electron chi connectivity index (χ0n) is 18.9. The summed E-state index contributed by atoms with van der Waals surface area (Å²) in [5.41, 5.74) is 0.229. The van der Waals surface area contributed by atoms with Crippen LogP contribution in [0.15, 0.2) is 103 Å². The first-order chi connectivity index (χ1) is 17.3. The second-order valence-corrected chi connectivity index (χ2v) is 8.56. The van der Waals surface area contributed by atoms with Crippen molar-refractivity contribution < 1.29 is 27.9 Å². The highest BCUT2D eigenvalue weighted by Gasteiger charge is 2.46. The van der Waals surface area contributed by atoms with Crippen molar-refractivity contribution in [2.24, 2.45) is 0 Å². The van der Waals surface area contributed by atoms with E-state index in [9.17, 15) is 27.9 Å². The summed E-state index contributed by atoms with van der Waals surface area (Å²) in [5.74, 6) is -2.10. The van der Waals surface area contributed by atoms with Gasteiger partial charge in [0.2, 0.25) is 0 Å². The number of nitrogens with zero attached hydrogens (tertiary/aromatic N) is 1. The number of hydrogen-bond acceptors (Lipinski definition) is 3. The summed E-state index contributed by atoms with van der Waals surface area (Å²) in [6.45, 7) is -0.236. The summed E-state index contributed by atoms with van der Waals surface area (Å²) >= 11 is 0. The Morgan fingerprint density at radius 3 is 2.25 bits per heavy atom. The highest BCUT2D eigenvalue weighted by atomic mass is 19.4. The third-order valence-electron chi connectivity index (χ3n) is 6.31. The van der Waals surface area contributed by atoms with Gasteiger partial charge in [0.15, 0.2) is 0 Å². The average Bonchev–Trinajstić information content (AvgIpc) is 3.13. The number of benzene rings is 4. The van der Waals surface area contributed by atoms with Crippen LogP contribution in [0.3, 0.4) is 0 Å². The molecule has 36 heavy (non-hydrogen) atoms. The highest BCUT2D eigenvalue weighted by molar-refractivity contribution is 6.46. The number of Topliss-reactive ketones (excluding diaryl/α,β-unsaturated/α-hetero) is 1. The molecule has 180 valence electrons. The molecule has 1 saturated heterocycles. The van der Waals surface area contributed by atoms with Gasteiger partial charge < -0.3 is 10.0 Å². The highest BCUT2D eigenvalue weighted by Crippen LogP contribution is 2.41. The number of likely N-dealkylation sites (tertiary alicyclic amines) is 1. The second-order valence-electron chi connectivity index (χ2n) is 8.56. The Hall–Kier alpha value is -4.39. The van der Waals surface area contributed by atoms with Crippen molar-refractivity contribution in [2.75, 3.05) is 0 Å². The summed E-state index contributed by atoms with van der Waals surface area (Å²) in [7, 11) is 0. The summed E-state index contributed by atoms with van der Waals surface area (Å²) in [6, 6.07) is 25.0. The number of rotatable bonds is 4. The molecule has 1 unspecified atom stereocenters. The first-order valence-electron chi connectivity index (χ1n) is 11.2. The van der Waals surface area contributed by atoms with Gasteiger partial charge in [-0.15, -0.1) is 0 Å². The summed E-state index contributed by atoms with van der Waals surface area (Å²) in [6.07, 6.45) is -4.54. The molecule has 0 radical (unpaired) electrons. The van der Waals surface area contributed by atoms with Crippen LogP contribution in [-0.2, 0) is 22.3 Å². The maximum Gasteiger partial charge on any atom is 0.416 e. The SMILES string of the molecule is O=C1C(=O)N(Cc2cccc(C(F)(F)F)c2)C(c2ccccc2)/C1=C(/O)c1cccc2ccccc12. The molecular formula is C29H20F3NO3. The largest absolute Gasteiger partial charge is 0.507 e. The van der Waals surface area contributed by atoms with E-state index in [0.29, 0.717) is 16.5 Å². The van der Waals surface area contributed by atoms with E-state index in [0.717, 1.165) is 17.5 Å². The van der Waals surface area contributed by atoms with Crippen molar-refractivity contribution in [3.05, 3.63) is 125 Å². The number of hydrogen-bond donors (Lipinski definition) is 1. The van der Waals surface area contributed by atoms with E-state index in [1.54, 1.807) is 54.6 Å². The molecule has 4 aromatic carbocycles. The van der Waals surface area contributed by atoms with Gasteiger partial charge >= 0.3 is 6.18 Å². The second kappa shape index (κ2) is 9.00. The molecule has 1 atom stereocenters. The van der Waals surface area contributed by atoms with Crippen LogP contribution in [0.5, 0.6) is 0 Å². The molecule has 0 spiro atoms. The van der Waals surface area contributed by atoms with Crippen LogP contribution in [-0.4, -0.2) is 21.7 Å². The van der Waals surface area contributed by atoms with E-state index in [2.05, 4.69) is 0 Å². The number of fused-ring (bicyclic) bond motifs is 1. The fourth-order valence-electron chi connectivity index (χ4n) is 4.64. The first kappa shape index (κ1) is 23.4. The number of alkyl halides is 3.